The predicted molar refractivity (Wildman–Crippen MR) is 286 cm³/mol. The molecule has 396 valence electrons. The van der Waals surface area contributed by atoms with E-state index in [0.717, 1.165) is 58.2 Å². The number of alkyl halides is 2. The van der Waals surface area contributed by atoms with Crippen LogP contribution in [0.5, 0.6) is 11.5 Å². The molecule has 8 rings (SSSR count). The molecule has 2 fully saturated rings. The normalized spacial score (nSPS) is 15.1. The average molecular weight is 1130 g/mol. The topological polar surface area (TPSA) is 175 Å². The smallest absolute Gasteiger partial charge is 0.387 e. The summed E-state index contributed by atoms with van der Waals surface area (Å²) in [7, 11) is -7.18. The van der Waals surface area contributed by atoms with Crippen LogP contribution in [0, 0.1) is 0 Å². The van der Waals surface area contributed by atoms with Crippen LogP contribution in [0.15, 0.2) is 130 Å². The van der Waals surface area contributed by atoms with Crippen molar-refractivity contribution in [3.05, 3.63) is 163 Å². The van der Waals surface area contributed by atoms with Crippen LogP contribution in [0.2, 0.25) is 10.0 Å². The van der Waals surface area contributed by atoms with E-state index in [-0.39, 0.29) is 46.9 Å². The van der Waals surface area contributed by atoms with Crippen LogP contribution < -0.4 is 30.7 Å². The third-order valence-electron chi connectivity index (χ3n) is 12.2. The zero-order valence-electron chi connectivity index (χ0n) is 40.5. The van der Waals surface area contributed by atoms with Gasteiger partial charge in [-0.2, -0.15) is 17.4 Å². The molecule has 0 unspecified atom stereocenters. The number of carbonyl (C=O) groups is 2. The highest BCUT2D eigenvalue weighted by Crippen LogP contribution is 2.29. The molecule has 4 heterocycles. The van der Waals surface area contributed by atoms with Crippen molar-refractivity contribution >= 4 is 77.7 Å². The Morgan fingerprint density at radius 2 is 0.973 bits per heavy atom. The molecule has 2 aliphatic heterocycles. The molecule has 0 atom stereocenters. The number of ether oxygens (including phenoxy) is 2. The van der Waals surface area contributed by atoms with Crippen molar-refractivity contribution < 1.29 is 44.7 Å². The monoisotopic (exact) mass is 1130 g/mol. The number of nitrogens with one attached hydrogen (secondary N) is 4. The lowest BCUT2D eigenvalue weighted by Gasteiger charge is -2.31. The number of sulfonamides is 2. The fraction of sp³-hybridized carbons (Fsp3) is 0.346. The van der Waals surface area contributed by atoms with Crippen LogP contribution in [0.3, 0.4) is 0 Å². The number of nitrogens with zero attached hydrogens (tertiary/aromatic N) is 2. The largest absolute Gasteiger partial charge is 0.494 e. The second-order valence-electron chi connectivity index (χ2n) is 17.5. The number of piperidine rings is 2. The van der Waals surface area contributed by atoms with E-state index < -0.39 is 26.7 Å². The molecule has 4 N–H and O–H groups in total. The van der Waals surface area contributed by atoms with Gasteiger partial charge in [0.2, 0.25) is 0 Å². The average Bonchev–Trinajstić information content (AvgIpc) is 4.11. The third-order valence-corrected chi connectivity index (χ3v) is 19.6. The van der Waals surface area contributed by atoms with Crippen molar-refractivity contribution in [2.45, 2.75) is 92.3 Å². The van der Waals surface area contributed by atoms with E-state index in [1.165, 1.54) is 33.3 Å². The molecule has 22 heteroatoms. The molecule has 2 aromatic heterocycles. The van der Waals surface area contributed by atoms with Gasteiger partial charge in [0.25, 0.3) is 31.9 Å². The highest BCUT2D eigenvalue weighted by atomic mass is 35.5. The Bertz CT molecular complexity index is 2970. The Kier molecular flexibility index (Phi) is 20.8. The fourth-order valence-electron chi connectivity index (χ4n) is 8.02. The minimum Gasteiger partial charge on any atom is -0.494 e. The fourth-order valence-corrected chi connectivity index (χ4v) is 14.1. The lowest BCUT2D eigenvalue weighted by Crippen LogP contribution is -2.44. The third kappa shape index (κ3) is 16.5. The molecule has 0 radical (unpaired) electrons. The number of benzene rings is 4. The molecular weight excluding hydrogens is 1070 g/mol. The maximum atomic E-state index is 13.2. The van der Waals surface area contributed by atoms with Crippen molar-refractivity contribution in [3.63, 3.8) is 0 Å². The first kappa shape index (κ1) is 56.7. The summed E-state index contributed by atoms with van der Waals surface area (Å²) in [6, 6.07) is 34.8. The quantitative estimate of drug-likeness (QED) is 0.0543. The van der Waals surface area contributed by atoms with Gasteiger partial charge >= 0.3 is 6.61 Å². The number of thiophene rings is 2. The molecule has 2 aliphatic rings. The maximum absolute atomic E-state index is 13.2. The molecule has 0 bridgehead atoms. The van der Waals surface area contributed by atoms with Gasteiger partial charge in [0.05, 0.1) is 19.7 Å². The van der Waals surface area contributed by atoms with Crippen molar-refractivity contribution in [3.8, 4) is 11.5 Å². The summed E-state index contributed by atoms with van der Waals surface area (Å²) in [5.41, 5.74) is 3.07. The second kappa shape index (κ2) is 27.2. The van der Waals surface area contributed by atoms with Gasteiger partial charge in [-0.3, -0.25) is 9.59 Å². The van der Waals surface area contributed by atoms with Crippen LogP contribution in [0.4, 0.5) is 8.78 Å². The Hall–Kier alpha value is -5.00. The molecule has 0 spiro atoms. The highest BCUT2D eigenvalue weighted by Gasteiger charge is 2.32. The summed E-state index contributed by atoms with van der Waals surface area (Å²) in [6.07, 6.45) is 3.80. The molecule has 14 nitrogen and oxygen atoms in total. The lowest BCUT2D eigenvalue weighted by molar-refractivity contribution is -0.0498. The predicted octanol–water partition coefficient (Wildman–Crippen LogP) is 9.94. The van der Waals surface area contributed by atoms with Crippen LogP contribution >= 0.6 is 45.9 Å². The molecule has 0 aliphatic carbocycles. The van der Waals surface area contributed by atoms with Crippen LogP contribution in [-0.4, -0.2) is 88.7 Å². The summed E-state index contributed by atoms with van der Waals surface area (Å²) >= 11 is 14.1. The minimum absolute atomic E-state index is 0.109. The van der Waals surface area contributed by atoms with E-state index >= 15 is 0 Å². The van der Waals surface area contributed by atoms with Crippen molar-refractivity contribution in [2.24, 2.45) is 0 Å². The van der Waals surface area contributed by atoms with Crippen molar-refractivity contribution in [1.29, 1.82) is 0 Å². The molecule has 74 heavy (non-hydrogen) atoms. The summed E-state index contributed by atoms with van der Waals surface area (Å²) in [4.78, 5) is 26.1. The van der Waals surface area contributed by atoms with Crippen LogP contribution in [-0.2, 0) is 46.2 Å². The van der Waals surface area contributed by atoms with Gasteiger partial charge in [0.1, 0.15) is 19.9 Å². The first-order chi connectivity index (χ1) is 35.5. The Balaban J connectivity index is 0.000000216. The Labute approximate surface area is 449 Å². The Morgan fingerprint density at radius 1 is 0.581 bits per heavy atom. The lowest BCUT2D eigenvalue weighted by atomic mass is 10.1. The van der Waals surface area contributed by atoms with Gasteiger partial charge in [0.15, 0.2) is 0 Å². The van der Waals surface area contributed by atoms with Gasteiger partial charge in [0, 0.05) is 82.3 Å². The van der Waals surface area contributed by atoms with Crippen LogP contribution in [0.25, 0.3) is 0 Å². The standard InChI is InChI=1S/C27H32ClN3O4S2.C25H26ClF2N3O4S2/c1-2-17-35-24-9-3-20(4-10-24)18-29-23-13-15-31(16-14-23)37(33,34)26-12-11-25(36-26)19-30-27(32)21-5-7-22(28)8-6-21;26-19-5-3-18(4-6-19)24(32)30-16-22-9-10-23(36-22)37(33,34)31-13-11-20(12-14-31)29-15-17-1-7-21(8-2-17)35-25(27)28/h3-12,23,29H,2,13-19H2,1H3,(H,30,32);1-10,20,25,29H,11-16H2,(H,30,32). The van der Waals surface area contributed by atoms with Gasteiger partial charge in [-0.05, 0) is 140 Å². The van der Waals surface area contributed by atoms with Gasteiger partial charge in [-0.15, -0.1) is 22.7 Å². The van der Waals surface area contributed by atoms with E-state index in [2.05, 4.69) is 45.1 Å². The van der Waals surface area contributed by atoms with Gasteiger partial charge in [-0.25, -0.2) is 16.8 Å². The molecule has 2 saturated heterocycles. The number of rotatable bonds is 21. The first-order valence-electron chi connectivity index (χ1n) is 24.0. The minimum atomic E-state index is -3.62. The first-order valence-corrected chi connectivity index (χ1v) is 29.3. The summed E-state index contributed by atoms with van der Waals surface area (Å²) in [6.45, 7) is 3.45. The SMILES string of the molecule is CCCOc1ccc(CNC2CCN(S(=O)(=O)c3ccc(CNC(=O)c4ccc(Cl)cc4)s3)CC2)cc1.O=C(NCc1ccc(S(=O)(=O)N2CCC(NCc3ccc(OC(F)F)cc3)CC2)s1)c1ccc(Cl)cc1. The highest BCUT2D eigenvalue weighted by molar-refractivity contribution is 7.91. The summed E-state index contributed by atoms with van der Waals surface area (Å²) in [5, 5.41) is 13.7. The van der Waals surface area contributed by atoms with Crippen molar-refractivity contribution in [2.75, 3.05) is 32.8 Å². The van der Waals surface area contributed by atoms with Crippen LogP contribution in [0.1, 0.15) is 80.6 Å². The Morgan fingerprint density at radius 3 is 1.35 bits per heavy atom. The van der Waals surface area contributed by atoms with Gasteiger partial charge in [-0.1, -0.05) is 54.4 Å². The maximum Gasteiger partial charge on any atom is 0.387 e. The van der Waals surface area contributed by atoms with Crippen molar-refractivity contribution in [1.82, 2.24) is 29.9 Å². The number of hydrogen-bond donors (Lipinski definition) is 4. The molecule has 4 aromatic carbocycles. The zero-order chi connectivity index (χ0) is 52.7. The molecule has 2 amide bonds. The zero-order valence-corrected chi connectivity index (χ0v) is 45.3. The number of halogens is 4. The molecule has 0 saturated carbocycles. The second-order valence-corrected chi connectivity index (χ2v) is 25.0. The van der Waals surface area contributed by atoms with E-state index in [1.807, 2.05) is 12.1 Å². The summed E-state index contributed by atoms with van der Waals surface area (Å²) < 4.78 is 90.8. The molecular formula is C52H58Cl2F2N6O8S4. The summed E-state index contributed by atoms with van der Waals surface area (Å²) in [5.74, 6) is 0.494. The van der Waals surface area contributed by atoms with E-state index in [4.69, 9.17) is 27.9 Å². The van der Waals surface area contributed by atoms with Gasteiger partial charge < -0.3 is 30.7 Å². The number of carbonyl (C=O) groups excluding carboxylic acids is 2. The van der Waals surface area contributed by atoms with E-state index in [0.29, 0.717) is 77.6 Å². The van der Waals surface area contributed by atoms with E-state index in [1.54, 1.807) is 89.2 Å². The number of hydrogen-bond acceptors (Lipinski definition) is 12. The number of amides is 2. The molecule has 6 aromatic rings. The van der Waals surface area contributed by atoms with E-state index in [9.17, 15) is 35.2 Å².